The fourth-order valence-electron chi connectivity index (χ4n) is 1.61. The molecule has 1 heterocycles. The van der Waals surface area contributed by atoms with Crippen LogP contribution in [0, 0.1) is 0 Å². The van der Waals surface area contributed by atoms with Crippen molar-refractivity contribution in [3.8, 4) is 11.5 Å². The molecule has 6 heteroatoms. The summed E-state index contributed by atoms with van der Waals surface area (Å²) in [6.45, 7) is 0.873. The van der Waals surface area contributed by atoms with Gasteiger partial charge in [0.1, 0.15) is 23.7 Å². The molecular weight excluding hydrogens is 248 g/mol. The molecular formula is C13H14N2O4. The molecule has 19 heavy (non-hydrogen) atoms. The summed E-state index contributed by atoms with van der Waals surface area (Å²) in [6, 6.07) is 6.43. The third-order valence-corrected chi connectivity index (χ3v) is 2.56. The van der Waals surface area contributed by atoms with Gasteiger partial charge in [-0.3, -0.25) is 4.68 Å². The molecule has 0 atom stereocenters. The fraction of sp³-hybridized carbons (Fsp3) is 0.231. The van der Waals surface area contributed by atoms with E-state index in [1.807, 2.05) is 12.3 Å². The maximum absolute atomic E-state index is 11.1. The van der Waals surface area contributed by atoms with Crippen LogP contribution in [0.3, 0.4) is 0 Å². The number of rotatable bonds is 6. The molecule has 1 aromatic carbocycles. The van der Waals surface area contributed by atoms with Crippen molar-refractivity contribution < 1.29 is 19.4 Å². The Bertz CT molecular complexity index is 552. The lowest BCUT2D eigenvalue weighted by Crippen LogP contribution is -2.10. The van der Waals surface area contributed by atoms with Gasteiger partial charge < -0.3 is 14.6 Å². The van der Waals surface area contributed by atoms with Crippen LogP contribution in [0.15, 0.2) is 36.7 Å². The molecule has 0 fully saturated rings. The Kier molecular flexibility index (Phi) is 4.02. The van der Waals surface area contributed by atoms with Gasteiger partial charge in [0.2, 0.25) is 0 Å². The van der Waals surface area contributed by atoms with Crippen molar-refractivity contribution in [2.45, 2.75) is 6.54 Å². The van der Waals surface area contributed by atoms with E-state index in [4.69, 9.17) is 14.6 Å². The van der Waals surface area contributed by atoms with Crippen molar-refractivity contribution in [3.63, 3.8) is 0 Å². The molecule has 1 aromatic heterocycles. The highest BCUT2D eigenvalue weighted by Gasteiger charge is 2.12. The summed E-state index contributed by atoms with van der Waals surface area (Å²) in [7, 11) is 1.52. The van der Waals surface area contributed by atoms with Gasteiger partial charge in [-0.05, 0) is 18.2 Å². The largest absolute Gasteiger partial charge is 0.497 e. The molecule has 0 aliphatic heterocycles. The quantitative estimate of drug-likeness (QED) is 0.857. The molecule has 0 amide bonds. The summed E-state index contributed by atoms with van der Waals surface area (Å²) in [4.78, 5) is 11.1. The zero-order valence-corrected chi connectivity index (χ0v) is 10.4. The monoisotopic (exact) mass is 262 g/mol. The predicted octanol–water partition coefficient (Wildman–Crippen LogP) is 1.67. The number of hydrogen-bond donors (Lipinski definition) is 1. The standard InChI is InChI=1S/C13H14N2O4/c1-18-10-3-4-11(13(16)17)12(9-10)19-8-7-15-6-2-5-14-15/h2-6,9H,7-8H2,1H3,(H,16,17). The van der Waals surface area contributed by atoms with Crippen LogP contribution in [0.2, 0.25) is 0 Å². The number of methoxy groups -OCH3 is 1. The van der Waals surface area contributed by atoms with E-state index in [0.717, 1.165) is 0 Å². The van der Waals surface area contributed by atoms with Crippen LogP contribution in [-0.2, 0) is 6.54 Å². The van der Waals surface area contributed by atoms with Crippen LogP contribution in [0.4, 0.5) is 0 Å². The number of aromatic nitrogens is 2. The number of ether oxygens (including phenoxy) is 2. The molecule has 0 saturated carbocycles. The Hall–Kier alpha value is -2.50. The maximum atomic E-state index is 11.1. The van der Waals surface area contributed by atoms with Crippen molar-refractivity contribution >= 4 is 5.97 Å². The first-order valence-electron chi connectivity index (χ1n) is 5.72. The molecule has 0 aliphatic carbocycles. The lowest BCUT2D eigenvalue weighted by atomic mass is 10.2. The van der Waals surface area contributed by atoms with Crippen LogP contribution >= 0.6 is 0 Å². The van der Waals surface area contributed by atoms with Gasteiger partial charge in [-0.25, -0.2) is 4.79 Å². The Balaban J connectivity index is 2.06. The van der Waals surface area contributed by atoms with Crippen LogP contribution < -0.4 is 9.47 Å². The van der Waals surface area contributed by atoms with E-state index >= 15 is 0 Å². The van der Waals surface area contributed by atoms with Crippen molar-refractivity contribution in [1.82, 2.24) is 9.78 Å². The first kappa shape index (κ1) is 12.9. The van der Waals surface area contributed by atoms with Crippen molar-refractivity contribution in [2.24, 2.45) is 0 Å². The second-order valence-corrected chi connectivity index (χ2v) is 3.78. The number of carbonyl (C=O) groups is 1. The van der Waals surface area contributed by atoms with Gasteiger partial charge in [-0.1, -0.05) is 0 Å². The third kappa shape index (κ3) is 3.25. The SMILES string of the molecule is COc1ccc(C(=O)O)c(OCCn2cccn2)c1. The minimum atomic E-state index is -1.03. The van der Waals surface area contributed by atoms with Crippen molar-refractivity contribution in [1.29, 1.82) is 0 Å². The third-order valence-electron chi connectivity index (χ3n) is 2.56. The second kappa shape index (κ2) is 5.90. The lowest BCUT2D eigenvalue weighted by molar-refractivity contribution is 0.0692. The number of carboxylic acids is 1. The Morgan fingerprint density at radius 2 is 2.32 bits per heavy atom. The first-order chi connectivity index (χ1) is 9.20. The summed E-state index contributed by atoms with van der Waals surface area (Å²) in [5.74, 6) is -0.185. The molecule has 6 nitrogen and oxygen atoms in total. The van der Waals surface area contributed by atoms with Gasteiger partial charge in [0.05, 0.1) is 13.7 Å². The van der Waals surface area contributed by atoms with Gasteiger partial charge in [0, 0.05) is 18.5 Å². The molecule has 0 radical (unpaired) electrons. The Morgan fingerprint density at radius 1 is 1.47 bits per heavy atom. The van der Waals surface area contributed by atoms with E-state index in [0.29, 0.717) is 24.7 Å². The van der Waals surface area contributed by atoms with E-state index < -0.39 is 5.97 Å². The highest BCUT2D eigenvalue weighted by molar-refractivity contribution is 5.91. The number of nitrogens with zero attached hydrogens (tertiary/aromatic N) is 2. The zero-order chi connectivity index (χ0) is 13.7. The number of aromatic carboxylic acids is 1. The van der Waals surface area contributed by atoms with Crippen LogP contribution in [0.1, 0.15) is 10.4 Å². The van der Waals surface area contributed by atoms with Crippen LogP contribution in [0.5, 0.6) is 11.5 Å². The summed E-state index contributed by atoms with van der Waals surface area (Å²) in [6.07, 6.45) is 3.49. The Labute approximate surface area is 110 Å². The molecule has 0 aliphatic rings. The average Bonchev–Trinajstić information content (AvgIpc) is 2.91. The van der Waals surface area contributed by atoms with E-state index in [1.165, 1.54) is 13.2 Å². The minimum Gasteiger partial charge on any atom is -0.497 e. The van der Waals surface area contributed by atoms with E-state index in [9.17, 15) is 4.79 Å². The molecule has 0 bridgehead atoms. The van der Waals surface area contributed by atoms with Crippen molar-refractivity contribution in [2.75, 3.05) is 13.7 Å². The highest BCUT2D eigenvalue weighted by atomic mass is 16.5. The van der Waals surface area contributed by atoms with Crippen molar-refractivity contribution in [3.05, 3.63) is 42.2 Å². The number of benzene rings is 1. The molecule has 2 aromatic rings. The average molecular weight is 262 g/mol. The number of hydrogen-bond acceptors (Lipinski definition) is 4. The van der Waals surface area contributed by atoms with Gasteiger partial charge in [0.25, 0.3) is 0 Å². The summed E-state index contributed by atoms with van der Waals surface area (Å²) in [5.41, 5.74) is 0.112. The predicted molar refractivity (Wildman–Crippen MR) is 67.7 cm³/mol. The van der Waals surface area contributed by atoms with Gasteiger partial charge in [-0.2, -0.15) is 5.10 Å². The first-order valence-corrected chi connectivity index (χ1v) is 5.72. The van der Waals surface area contributed by atoms with Gasteiger partial charge >= 0.3 is 5.97 Å². The lowest BCUT2D eigenvalue weighted by Gasteiger charge is -2.10. The topological polar surface area (TPSA) is 73.6 Å². The summed E-state index contributed by atoms with van der Waals surface area (Å²) in [5, 5.41) is 13.1. The fourth-order valence-corrected chi connectivity index (χ4v) is 1.61. The molecule has 0 unspecified atom stereocenters. The zero-order valence-electron chi connectivity index (χ0n) is 10.4. The van der Waals surface area contributed by atoms with E-state index in [1.54, 1.807) is 23.0 Å². The van der Waals surface area contributed by atoms with E-state index in [2.05, 4.69) is 5.10 Å². The smallest absolute Gasteiger partial charge is 0.339 e. The molecule has 100 valence electrons. The molecule has 0 spiro atoms. The van der Waals surface area contributed by atoms with E-state index in [-0.39, 0.29) is 5.56 Å². The molecule has 0 saturated heterocycles. The molecule has 1 N–H and O–H groups in total. The van der Waals surface area contributed by atoms with Gasteiger partial charge in [0.15, 0.2) is 0 Å². The maximum Gasteiger partial charge on any atom is 0.339 e. The normalized spacial score (nSPS) is 10.2. The second-order valence-electron chi connectivity index (χ2n) is 3.78. The number of carboxylic acid groups (broad SMARTS) is 1. The Morgan fingerprint density at radius 3 is 2.95 bits per heavy atom. The molecule has 2 rings (SSSR count). The minimum absolute atomic E-state index is 0.112. The van der Waals surface area contributed by atoms with Crippen LogP contribution in [-0.4, -0.2) is 34.6 Å². The summed E-state index contributed by atoms with van der Waals surface area (Å²) < 4.78 is 12.3. The summed E-state index contributed by atoms with van der Waals surface area (Å²) >= 11 is 0. The van der Waals surface area contributed by atoms with Crippen LogP contribution in [0.25, 0.3) is 0 Å². The highest BCUT2D eigenvalue weighted by Crippen LogP contribution is 2.24. The van der Waals surface area contributed by atoms with Gasteiger partial charge in [-0.15, -0.1) is 0 Å².